The van der Waals surface area contributed by atoms with E-state index in [1.807, 2.05) is 0 Å². The monoisotopic (exact) mass is 253 g/mol. The molecule has 1 N–H and O–H groups in total. The Balaban J connectivity index is 1.81. The smallest absolute Gasteiger partial charge is 0.195 e. The van der Waals surface area contributed by atoms with Gasteiger partial charge in [0, 0.05) is 12.5 Å². The van der Waals surface area contributed by atoms with E-state index in [9.17, 15) is 0 Å². The van der Waals surface area contributed by atoms with E-state index in [-0.39, 0.29) is 0 Å². The molecule has 1 saturated heterocycles. The lowest BCUT2D eigenvalue weighted by Gasteiger charge is -2.15. The van der Waals surface area contributed by atoms with Crippen LogP contribution in [0.15, 0.2) is 0 Å². The number of H-pyrrole nitrogens is 1. The van der Waals surface area contributed by atoms with E-state index in [0.29, 0.717) is 12.0 Å². The Kier molecular flexibility index (Phi) is 3.29. The summed E-state index contributed by atoms with van der Waals surface area (Å²) in [5, 5.41) is 7.38. The third-order valence-electron chi connectivity index (χ3n) is 3.92. The van der Waals surface area contributed by atoms with Crippen molar-refractivity contribution in [2.24, 2.45) is 0 Å². The fraction of sp³-hybridized carbons (Fsp3) is 0.833. The lowest BCUT2D eigenvalue weighted by molar-refractivity contribution is 0.0956. The number of nitrogens with one attached hydrogen (secondary N) is 1. The first-order chi connectivity index (χ1) is 8.34. The van der Waals surface area contributed by atoms with Crippen LogP contribution in [0.1, 0.15) is 50.3 Å². The van der Waals surface area contributed by atoms with Crippen molar-refractivity contribution < 1.29 is 4.74 Å². The van der Waals surface area contributed by atoms with E-state index >= 15 is 0 Å². The average Bonchev–Trinajstić information content (AvgIpc) is 3.03. The molecule has 0 spiro atoms. The third-order valence-corrected chi connectivity index (χ3v) is 4.23. The first-order valence-corrected chi connectivity index (χ1v) is 7.02. The predicted molar refractivity (Wildman–Crippen MR) is 67.6 cm³/mol. The molecule has 0 aromatic carbocycles. The second kappa shape index (κ2) is 4.90. The zero-order valence-corrected chi connectivity index (χ0v) is 10.8. The molecule has 0 radical (unpaired) electrons. The summed E-state index contributed by atoms with van der Waals surface area (Å²) in [4.78, 5) is 0. The maximum atomic E-state index is 5.69. The Labute approximate surface area is 106 Å². The molecule has 2 heterocycles. The number of aromatic amines is 1. The minimum Gasteiger partial charge on any atom is -0.376 e. The second-order valence-electron chi connectivity index (χ2n) is 5.11. The van der Waals surface area contributed by atoms with Gasteiger partial charge in [0.2, 0.25) is 0 Å². The van der Waals surface area contributed by atoms with Crippen LogP contribution in [0.4, 0.5) is 0 Å². The number of rotatable bonds is 3. The minimum atomic E-state index is 0.333. The summed E-state index contributed by atoms with van der Waals surface area (Å²) < 4.78 is 8.61. The summed E-state index contributed by atoms with van der Waals surface area (Å²) in [5.74, 6) is 1.76. The van der Waals surface area contributed by atoms with Crippen molar-refractivity contribution in [3.8, 4) is 0 Å². The van der Waals surface area contributed by atoms with Crippen LogP contribution in [0.2, 0.25) is 0 Å². The predicted octanol–water partition coefficient (Wildman–Crippen LogP) is 2.78. The van der Waals surface area contributed by atoms with Gasteiger partial charge in [-0.2, -0.15) is 5.10 Å². The van der Waals surface area contributed by atoms with Crippen molar-refractivity contribution in [3.05, 3.63) is 10.6 Å². The van der Waals surface area contributed by atoms with Crippen LogP contribution < -0.4 is 0 Å². The van der Waals surface area contributed by atoms with Gasteiger partial charge < -0.3 is 9.30 Å². The van der Waals surface area contributed by atoms with Crippen LogP contribution in [-0.2, 0) is 11.3 Å². The molecule has 3 rings (SSSR count). The first kappa shape index (κ1) is 11.4. The number of hydrogen-bond acceptors (Lipinski definition) is 3. The van der Waals surface area contributed by atoms with Crippen LogP contribution in [0.3, 0.4) is 0 Å². The summed E-state index contributed by atoms with van der Waals surface area (Å²) in [5.41, 5.74) is 0. The van der Waals surface area contributed by atoms with Crippen molar-refractivity contribution in [3.63, 3.8) is 0 Å². The second-order valence-corrected chi connectivity index (χ2v) is 5.50. The van der Waals surface area contributed by atoms with E-state index in [1.54, 1.807) is 0 Å². The number of nitrogens with zero attached hydrogens (tertiary/aromatic N) is 2. The van der Waals surface area contributed by atoms with Gasteiger partial charge in [0.05, 0.1) is 12.6 Å². The molecule has 2 fully saturated rings. The van der Waals surface area contributed by atoms with Gasteiger partial charge in [-0.05, 0) is 37.9 Å². The normalized spacial score (nSPS) is 25.8. The summed E-state index contributed by atoms with van der Waals surface area (Å²) in [6.45, 7) is 1.77. The van der Waals surface area contributed by atoms with Gasteiger partial charge in [-0.3, -0.25) is 5.10 Å². The molecule has 1 aromatic heterocycles. The maximum Gasteiger partial charge on any atom is 0.195 e. The standard InChI is InChI=1S/C12H19N3OS/c17-12-14-13-11(9-4-1-2-5-9)15(12)8-10-6-3-7-16-10/h9-10H,1-8H2,(H,14,17)/t10-/m1/s1. The highest BCUT2D eigenvalue weighted by Crippen LogP contribution is 2.33. The van der Waals surface area contributed by atoms with Crippen molar-refractivity contribution in [2.75, 3.05) is 6.61 Å². The molecule has 1 aromatic rings. The number of hydrogen-bond donors (Lipinski definition) is 1. The summed E-state index contributed by atoms with van der Waals surface area (Å²) in [6.07, 6.45) is 7.82. The molecule has 0 amide bonds. The SMILES string of the molecule is S=c1[nH]nc(C2CCCC2)n1C[C@H]1CCCO1. The van der Waals surface area contributed by atoms with Gasteiger partial charge in [0.15, 0.2) is 4.77 Å². The van der Waals surface area contributed by atoms with Crippen LogP contribution in [0.5, 0.6) is 0 Å². The molecule has 0 bridgehead atoms. The molecule has 5 heteroatoms. The van der Waals surface area contributed by atoms with E-state index in [1.165, 1.54) is 32.1 Å². The summed E-state index contributed by atoms with van der Waals surface area (Å²) in [7, 11) is 0. The minimum absolute atomic E-state index is 0.333. The highest BCUT2D eigenvalue weighted by atomic mass is 32.1. The van der Waals surface area contributed by atoms with Crippen LogP contribution in [0.25, 0.3) is 0 Å². The van der Waals surface area contributed by atoms with E-state index in [4.69, 9.17) is 17.0 Å². The molecule has 1 aliphatic carbocycles. The van der Waals surface area contributed by atoms with Crippen molar-refractivity contribution in [2.45, 2.75) is 57.1 Å². The molecular weight excluding hydrogens is 234 g/mol. The third kappa shape index (κ3) is 2.31. The fourth-order valence-electron chi connectivity index (χ4n) is 2.99. The van der Waals surface area contributed by atoms with Gasteiger partial charge in [0.1, 0.15) is 5.82 Å². The molecule has 1 atom stereocenters. The highest BCUT2D eigenvalue weighted by molar-refractivity contribution is 7.71. The molecule has 1 aliphatic heterocycles. The topological polar surface area (TPSA) is 42.8 Å². The zero-order valence-electron chi connectivity index (χ0n) is 10.0. The van der Waals surface area contributed by atoms with Crippen molar-refractivity contribution in [1.82, 2.24) is 14.8 Å². The fourth-order valence-corrected chi connectivity index (χ4v) is 3.21. The lowest BCUT2D eigenvalue weighted by atomic mass is 10.1. The Morgan fingerprint density at radius 3 is 2.82 bits per heavy atom. The first-order valence-electron chi connectivity index (χ1n) is 6.61. The lowest BCUT2D eigenvalue weighted by Crippen LogP contribution is -2.18. The number of ether oxygens (including phenoxy) is 1. The van der Waals surface area contributed by atoms with Gasteiger partial charge in [-0.25, -0.2) is 0 Å². The largest absolute Gasteiger partial charge is 0.376 e. The van der Waals surface area contributed by atoms with Crippen LogP contribution in [-0.4, -0.2) is 27.5 Å². The molecular formula is C12H19N3OS. The van der Waals surface area contributed by atoms with Crippen LogP contribution in [0, 0.1) is 4.77 Å². The van der Waals surface area contributed by atoms with Crippen LogP contribution >= 0.6 is 12.2 Å². The summed E-state index contributed by atoms with van der Waals surface area (Å²) >= 11 is 5.33. The molecule has 1 saturated carbocycles. The van der Waals surface area contributed by atoms with E-state index in [0.717, 1.165) is 30.2 Å². The molecule has 17 heavy (non-hydrogen) atoms. The maximum absolute atomic E-state index is 5.69. The molecule has 4 nitrogen and oxygen atoms in total. The van der Waals surface area contributed by atoms with Gasteiger partial charge >= 0.3 is 0 Å². The van der Waals surface area contributed by atoms with Gasteiger partial charge in [-0.15, -0.1) is 0 Å². The quantitative estimate of drug-likeness (QED) is 0.842. The molecule has 0 unspecified atom stereocenters. The van der Waals surface area contributed by atoms with Gasteiger partial charge in [-0.1, -0.05) is 12.8 Å². The van der Waals surface area contributed by atoms with Gasteiger partial charge in [0.25, 0.3) is 0 Å². The molecule has 94 valence electrons. The Bertz CT molecular complexity index is 427. The number of aromatic nitrogens is 3. The Morgan fingerprint density at radius 2 is 2.12 bits per heavy atom. The Hall–Kier alpha value is -0.680. The van der Waals surface area contributed by atoms with Crippen molar-refractivity contribution in [1.29, 1.82) is 0 Å². The molecule has 2 aliphatic rings. The van der Waals surface area contributed by atoms with Crippen molar-refractivity contribution >= 4 is 12.2 Å². The highest BCUT2D eigenvalue weighted by Gasteiger charge is 2.25. The summed E-state index contributed by atoms with van der Waals surface area (Å²) in [6, 6.07) is 0. The van der Waals surface area contributed by atoms with E-state index < -0.39 is 0 Å². The zero-order chi connectivity index (χ0) is 11.7. The van der Waals surface area contributed by atoms with E-state index in [2.05, 4.69) is 14.8 Å². The average molecular weight is 253 g/mol. The Morgan fingerprint density at radius 1 is 1.29 bits per heavy atom.